The fourth-order valence-corrected chi connectivity index (χ4v) is 2.73. The Morgan fingerprint density at radius 1 is 0.906 bits per heavy atom. The number of carbonyl (C=O) groups is 2. The van der Waals surface area contributed by atoms with Gasteiger partial charge in [0.15, 0.2) is 11.5 Å². The number of nitrogens with zero attached hydrogens (tertiary/aromatic N) is 2. The van der Waals surface area contributed by atoms with Gasteiger partial charge in [-0.2, -0.15) is 5.10 Å². The predicted octanol–water partition coefficient (Wildman–Crippen LogP) is 3.02. The number of amides is 2. The first-order valence-electron chi connectivity index (χ1n) is 9.64. The molecule has 0 aliphatic rings. The number of rotatable bonds is 8. The number of pyridine rings is 1. The molecule has 0 saturated carbocycles. The van der Waals surface area contributed by atoms with Crippen molar-refractivity contribution >= 4 is 24.1 Å². The summed E-state index contributed by atoms with van der Waals surface area (Å²) in [5, 5.41) is 6.61. The molecular weight excluding hydrogens is 408 g/mol. The summed E-state index contributed by atoms with van der Waals surface area (Å²) in [6, 6.07) is 17.2. The molecule has 0 radical (unpaired) electrons. The second-order valence-electron chi connectivity index (χ2n) is 6.47. The van der Waals surface area contributed by atoms with E-state index >= 15 is 0 Å². The van der Waals surface area contributed by atoms with Gasteiger partial charge >= 0.3 is 0 Å². The number of nitrogens with one attached hydrogen (secondary N) is 2. The van der Waals surface area contributed by atoms with Crippen LogP contribution >= 0.6 is 0 Å². The Morgan fingerprint density at radius 3 is 2.31 bits per heavy atom. The lowest BCUT2D eigenvalue weighted by atomic mass is 10.1. The Bertz CT molecular complexity index is 1130. The van der Waals surface area contributed by atoms with E-state index in [0.29, 0.717) is 22.6 Å². The van der Waals surface area contributed by atoms with Crippen LogP contribution in [-0.2, 0) is 4.79 Å². The molecule has 1 heterocycles. The number of hydrazone groups is 1. The Kier molecular flexibility index (Phi) is 7.69. The second-order valence-corrected chi connectivity index (χ2v) is 6.47. The van der Waals surface area contributed by atoms with Crippen LogP contribution in [0.2, 0.25) is 0 Å². The van der Waals surface area contributed by atoms with Crippen LogP contribution in [0.5, 0.6) is 11.5 Å². The second kappa shape index (κ2) is 11.1. The van der Waals surface area contributed by atoms with Gasteiger partial charge in [-0.1, -0.05) is 24.3 Å². The monoisotopic (exact) mass is 430 g/mol. The molecule has 8 nitrogen and oxygen atoms in total. The van der Waals surface area contributed by atoms with Crippen molar-refractivity contribution in [3.63, 3.8) is 0 Å². The maximum atomic E-state index is 12.8. The minimum absolute atomic E-state index is 0.0120. The molecule has 162 valence electrons. The minimum Gasteiger partial charge on any atom is -0.493 e. The van der Waals surface area contributed by atoms with E-state index in [0.717, 1.165) is 5.56 Å². The summed E-state index contributed by atoms with van der Waals surface area (Å²) in [4.78, 5) is 29.4. The zero-order chi connectivity index (χ0) is 22.8. The van der Waals surface area contributed by atoms with Crippen molar-refractivity contribution in [2.75, 3.05) is 14.2 Å². The van der Waals surface area contributed by atoms with Gasteiger partial charge in [0.05, 0.1) is 20.4 Å². The third-order valence-electron chi connectivity index (χ3n) is 4.33. The molecule has 3 rings (SSSR count). The highest BCUT2D eigenvalue weighted by molar-refractivity contribution is 6.05. The van der Waals surface area contributed by atoms with Gasteiger partial charge in [0.1, 0.15) is 5.70 Å². The van der Waals surface area contributed by atoms with Crippen molar-refractivity contribution in [1.29, 1.82) is 0 Å². The zero-order valence-electron chi connectivity index (χ0n) is 17.6. The third-order valence-corrected chi connectivity index (χ3v) is 4.33. The average Bonchev–Trinajstić information content (AvgIpc) is 2.84. The van der Waals surface area contributed by atoms with E-state index in [-0.39, 0.29) is 5.70 Å². The molecule has 0 aliphatic heterocycles. The lowest BCUT2D eigenvalue weighted by molar-refractivity contribution is -0.117. The van der Waals surface area contributed by atoms with Crippen LogP contribution in [0.3, 0.4) is 0 Å². The number of aromatic nitrogens is 1. The summed E-state index contributed by atoms with van der Waals surface area (Å²) in [5.41, 5.74) is 4.25. The van der Waals surface area contributed by atoms with Crippen LogP contribution in [0.1, 0.15) is 21.5 Å². The van der Waals surface area contributed by atoms with Gasteiger partial charge in [-0.05, 0) is 53.6 Å². The van der Waals surface area contributed by atoms with Crippen LogP contribution in [0, 0.1) is 0 Å². The lowest BCUT2D eigenvalue weighted by Crippen LogP contribution is -2.32. The largest absolute Gasteiger partial charge is 0.493 e. The van der Waals surface area contributed by atoms with E-state index in [9.17, 15) is 9.59 Å². The Labute approximate surface area is 185 Å². The molecule has 0 fully saturated rings. The third kappa shape index (κ3) is 6.02. The number of hydrogen-bond acceptors (Lipinski definition) is 6. The SMILES string of the molecule is COc1ccc(/C=C(/NC(=O)c2ccccc2)C(=O)N/N=C/c2ccncc2)cc1OC. The maximum absolute atomic E-state index is 12.8. The molecule has 0 spiro atoms. The Morgan fingerprint density at radius 2 is 1.62 bits per heavy atom. The molecule has 2 amide bonds. The quantitative estimate of drug-likeness (QED) is 0.325. The summed E-state index contributed by atoms with van der Waals surface area (Å²) in [7, 11) is 3.05. The van der Waals surface area contributed by atoms with Crippen molar-refractivity contribution < 1.29 is 19.1 Å². The molecular formula is C24H22N4O4. The molecule has 0 aliphatic carbocycles. The first kappa shape index (κ1) is 22.2. The molecule has 1 aromatic heterocycles. The molecule has 0 bridgehead atoms. The molecule has 2 aromatic carbocycles. The number of methoxy groups -OCH3 is 2. The van der Waals surface area contributed by atoms with Crippen LogP contribution < -0.4 is 20.2 Å². The van der Waals surface area contributed by atoms with Gasteiger partial charge in [-0.15, -0.1) is 0 Å². The fourth-order valence-electron chi connectivity index (χ4n) is 2.73. The lowest BCUT2D eigenvalue weighted by Gasteiger charge is -2.11. The Balaban J connectivity index is 1.86. The summed E-state index contributed by atoms with van der Waals surface area (Å²) in [5.74, 6) is 0.0250. The topological polar surface area (TPSA) is 102 Å². The van der Waals surface area contributed by atoms with Crippen LogP contribution in [-0.4, -0.2) is 37.2 Å². The summed E-state index contributed by atoms with van der Waals surface area (Å²) >= 11 is 0. The minimum atomic E-state index is -0.589. The number of benzene rings is 2. The highest BCUT2D eigenvalue weighted by Crippen LogP contribution is 2.28. The Hall–Kier alpha value is -4.46. The highest BCUT2D eigenvalue weighted by Gasteiger charge is 2.15. The highest BCUT2D eigenvalue weighted by atomic mass is 16.5. The van der Waals surface area contributed by atoms with E-state index < -0.39 is 11.8 Å². The van der Waals surface area contributed by atoms with Crippen molar-refractivity contribution in [3.05, 3.63) is 95.4 Å². The van der Waals surface area contributed by atoms with Gasteiger partial charge in [0.25, 0.3) is 11.8 Å². The van der Waals surface area contributed by atoms with E-state index in [1.165, 1.54) is 26.5 Å². The van der Waals surface area contributed by atoms with Gasteiger partial charge in [-0.3, -0.25) is 14.6 Å². The van der Waals surface area contributed by atoms with E-state index in [1.54, 1.807) is 73.1 Å². The van der Waals surface area contributed by atoms with Crippen molar-refractivity contribution in [2.45, 2.75) is 0 Å². The molecule has 0 unspecified atom stereocenters. The molecule has 0 saturated heterocycles. The fraction of sp³-hybridized carbons (Fsp3) is 0.0833. The zero-order valence-corrected chi connectivity index (χ0v) is 17.6. The van der Waals surface area contributed by atoms with Gasteiger partial charge in [-0.25, -0.2) is 5.43 Å². The van der Waals surface area contributed by atoms with E-state index in [4.69, 9.17) is 9.47 Å². The number of carbonyl (C=O) groups excluding carboxylic acids is 2. The van der Waals surface area contributed by atoms with Crippen molar-refractivity contribution in [2.24, 2.45) is 5.10 Å². The van der Waals surface area contributed by atoms with Crippen LogP contribution in [0.25, 0.3) is 6.08 Å². The molecule has 0 atom stereocenters. The summed E-state index contributed by atoms with van der Waals surface area (Å²) < 4.78 is 10.6. The van der Waals surface area contributed by atoms with Crippen LogP contribution in [0.4, 0.5) is 0 Å². The van der Waals surface area contributed by atoms with Crippen LogP contribution in [0.15, 0.2) is 83.9 Å². The number of ether oxygens (including phenoxy) is 2. The molecule has 8 heteroatoms. The number of hydrogen-bond donors (Lipinski definition) is 2. The van der Waals surface area contributed by atoms with E-state index in [1.807, 2.05) is 0 Å². The summed E-state index contributed by atoms with van der Waals surface area (Å²) in [6.07, 6.45) is 6.24. The van der Waals surface area contributed by atoms with Gasteiger partial charge in [0, 0.05) is 18.0 Å². The molecule has 2 N–H and O–H groups in total. The summed E-state index contributed by atoms with van der Waals surface area (Å²) in [6.45, 7) is 0. The predicted molar refractivity (Wildman–Crippen MR) is 121 cm³/mol. The standard InChI is InChI=1S/C24H22N4O4/c1-31-21-9-8-18(15-22(21)32-2)14-20(27-23(29)19-6-4-3-5-7-19)24(30)28-26-16-17-10-12-25-13-11-17/h3-16H,1-2H3,(H,27,29)(H,28,30)/b20-14+,26-16+. The first-order valence-corrected chi connectivity index (χ1v) is 9.64. The molecule has 32 heavy (non-hydrogen) atoms. The average molecular weight is 430 g/mol. The van der Waals surface area contributed by atoms with Crippen molar-refractivity contribution in [1.82, 2.24) is 15.7 Å². The van der Waals surface area contributed by atoms with Crippen molar-refractivity contribution in [3.8, 4) is 11.5 Å². The normalized spacial score (nSPS) is 11.1. The van der Waals surface area contributed by atoms with Gasteiger partial charge < -0.3 is 14.8 Å². The van der Waals surface area contributed by atoms with Gasteiger partial charge in [0.2, 0.25) is 0 Å². The smallest absolute Gasteiger partial charge is 0.287 e. The molecule has 3 aromatic rings. The maximum Gasteiger partial charge on any atom is 0.287 e. The van der Waals surface area contributed by atoms with E-state index in [2.05, 4.69) is 20.8 Å². The first-order chi connectivity index (χ1) is 15.6.